The standard InChI is InChI=1S/C24H19N3O2/c28-24(25-13-12-18-15-26-21-9-5-4-8-19(18)21)17-10-11-22-20(14-17)23(29-27-22)16-6-2-1-3-7-16/h1-11,14-15,26H,12-13H2,(H,25,28). The van der Waals surface area contributed by atoms with Gasteiger partial charge >= 0.3 is 0 Å². The second-order valence-corrected chi connectivity index (χ2v) is 6.98. The minimum atomic E-state index is -0.105. The van der Waals surface area contributed by atoms with Gasteiger partial charge in [0.15, 0.2) is 5.76 Å². The Kier molecular flexibility index (Phi) is 4.33. The number of carbonyl (C=O) groups excluding carboxylic acids is 1. The fraction of sp³-hybridized carbons (Fsp3) is 0.0833. The molecule has 1 amide bonds. The van der Waals surface area contributed by atoms with E-state index in [0.29, 0.717) is 17.9 Å². The molecule has 0 aliphatic rings. The Bertz CT molecular complexity index is 1300. The Labute approximate surface area is 167 Å². The summed E-state index contributed by atoms with van der Waals surface area (Å²) in [6.45, 7) is 0.563. The highest BCUT2D eigenvalue weighted by Crippen LogP contribution is 2.29. The Morgan fingerprint density at radius 3 is 2.69 bits per heavy atom. The van der Waals surface area contributed by atoms with Crippen molar-refractivity contribution < 1.29 is 9.32 Å². The second kappa shape index (κ2) is 7.28. The van der Waals surface area contributed by atoms with Gasteiger partial charge in [-0.25, -0.2) is 0 Å². The van der Waals surface area contributed by atoms with Crippen LogP contribution in [0, 0.1) is 0 Å². The highest BCUT2D eigenvalue weighted by Gasteiger charge is 2.14. The zero-order valence-electron chi connectivity index (χ0n) is 15.7. The van der Waals surface area contributed by atoms with Crippen LogP contribution in [0.2, 0.25) is 0 Å². The van der Waals surface area contributed by atoms with Crippen LogP contribution in [-0.4, -0.2) is 22.6 Å². The summed E-state index contributed by atoms with van der Waals surface area (Å²) in [5.74, 6) is 0.570. The summed E-state index contributed by atoms with van der Waals surface area (Å²) in [6, 6.07) is 23.4. The topological polar surface area (TPSA) is 70.9 Å². The quantitative estimate of drug-likeness (QED) is 0.453. The molecular weight excluding hydrogens is 362 g/mol. The van der Waals surface area contributed by atoms with Crippen LogP contribution in [0.1, 0.15) is 15.9 Å². The van der Waals surface area contributed by atoms with Gasteiger partial charge < -0.3 is 14.8 Å². The van der Waals surface area contributed by atoms with Crippen molar-refractivity contribution in [3.8, 4) is 11.3 Å². The highest BCUT2D eigenvalue weighted by atomic mass is 16.5. The number of hydrogen-bond donors (Lipinski definition) is 2. The van der Waals surface area contributed by atoms with Gasteiger partial charge in [0, 0.05) is 34.8 Å². The van der Waals surface area contributed by atoms with E-state index >= 15 is 0 Å². The number of carbonyl (C=O) groups is 1. The number of rotatable bonds is 5. The van der Waals surface area contributed by atoms with Crippen molar-refractivity contribution in [2.24, 2.45) is 0 Å². The van der Waals surface area contributed by atoms with Gasteiger partial charge in [0.05, 0.1) is 5.39 Å². The fourth-order valence-corrected chi connectivity index (χ4v) is 3.63. The molecule has 0 saturated carbocycles. The summed E-state index contributed by atoms with van der Waals surface area (Å²) in [4.78, 5) is 15.9. The summed E-state index contributed by atoms with van der Waals surface area (Å²) in [7, 11) is 0. The van der Waals surface area contributed by atoms with Crippen LogP contribution in [0.4, 0.5) is 0 Å². The van der Waals surface area contributed by atoms with Crippen molar-refractivity contribution in [3.05, 3.63) is 90.1 Å². The largest absolute Gasteiger partial charge is 0.361 e. The Hall–Kier alpha value is -3.86. The number of hydrogen-bond acceptors (Lipinski definition) is 3. The molecule has 2 aromatic heterocycles. The first kappa shape index (κ1) is 17.3. The van der Waals surface area contributed by atoms with Crippen molar-refractivity contribution in [2.75, 3.05) is 6.54 Å². The lowest BCUT2D eigenvalue weighted by atomic mass is 10.1. The van der Waals surface area contributed by atoms with Crippen LogP contribution in [0.15, 0.2) is 83.5 Å². The maximum absolute atomic E-state index is 12.7. The number of aromatic nitrogens is 2. The van der Waals surface area contributed by atoms with Crippen molar-refractivity contribution in [2.45, 2.75) is 6.42 Å². The van der Waals surface area contributed by atoms with Crippen LogP contribution in [0.5, 0.6) is 0 Å². The Morgan fingerprint density at radius 1 is 0.966 bits per heavy atom. The molecule has 0 aliphatic carbocycles. The second-order valence-electron chi connectivity index (χ2n) is 6.98. The number of para-hydroxylation sites is 1. The van der Waals surface area contributed by atoms with E-state index in [1.807, 2.05) is 60.8 Å². The monoisotopic (exact) mass is 381 g/mol. The summed E-state index contributed by atoms with van der Waals surface area (Å²) in [5, 5.41) is 9.15. The maximum Gasteiger partial charge on any atom is 0.251 e. The predicted octanol–water partition coefficient (Wildman–Crippen LogP) is 4.95. The molecule has 0 unspecified atom stereocenters. The van der Waals surface area contributed by atoms with Gasteiger partial charge in [0.25, 0.3) is 5.91 Å². The number of fused-ring (bicyclic) bond motifs is 2. The smallest absolute Gasteiger partial charge is 0.251 e. The van der Waals surface area contributed by atoms with E-state index in [9.17, 15) is 4.79 Å². The molecule has 0 bridgehead atoms. The molecule has 29 heavy (non-hydrogen) atoms. The maximum atomic E-state index is 12.7. The first-order chi connectivity index (χ1) is 14.3. The van der Waals surface area contributed by atoms with Gasteiger partial charge in [-0.05, 0) is 36.2 Å². The molecule has 142 valence electrons. The predicted molar refractivity (Wildman–Crippen MR) is 114 cm³/mol. The van der Waals surface area contributed by atoms with Crippen molar-refractivity contribution in [1.29, 1.82) is 0 Å². The van der Waals surface area contributed by atoms with E-state index in [1.54, 1.807) is 6.07 Å². The molecule has 0 atom stereocenters. The SMILES string of the molecule is O=C(NCCc1c[nH]c2ccccc12)c1ccc2noc(-c3ccccc3)c2c1. The summed E-state index contributed by atoms with van der Waals surface area (Å²) >= 11 is 0. The zero-order valence-corrected chi connectivity index (χ0v) is 15.7. The molecule has 5 nitrogen and oxygen atoms in total. The molecule has 0 saturated heterocycles. The molecule has 0 spiro atoms. The number of nitrogens with one attached hydrogen (secondary N) is 2. The van der Waals surface area contributed by atoms with E-state index < -0.39 is 0 Å². The van der Waals surface area contributed by atoms with Crippen LogP contribution < -0.4 is 5.32 Å². The number of amides is 1. The third-order valence-corrected chi connectivity index (χ3v) is 5.13. The van der Waals surface area contributed by atoms with Crippen molar-refractivity contribution >= 4 is 27.7 Å². The lowest BCUT2D eigenvalue weighted by molar-refractivity contribution is 0.0954. The van der Waals surface area contributed by atoms with Gasteiger partial charge in [-0.3, -0.25) is 4.79 Å². The number of nitrogens with zero attached hydrogens (tertiary/aromatic N) is 1. The van der Waals surface area contributed by atoms with E-state index in [2.05, 4.69) is 27.6 Å². The molecule has 0 radical (unpaired) electrons. The average molecular weight is 381 g/mol. The summed E-state index contributed by atoms with van der Waals surface area (Å²) in [5.41, 5.74) is 4.57. The Morgan fingerprint density at radius 2 is 1.79 bits per heavy atom. The molecule has 2 N–H and O–H groups in total. The normalized spacial score (nSPS) is 11.2. The molecular formula is C24H19N3O2. The molecule has 5 aromatic rings. The van der Waals surface area contributed by atoms with Gasteiger partial charge in [0.2, 0.25) is 0 Å². The Balaban J connectivity index is 1.33. The minimum absolute atomic E-state index is 0.105. The third kappa shape index (κ3) is 3.27. The van der Waals surface area contributed by atoms with E-state index in [1.165, 1.54) is 10.9 Å². The van der Waals surface area contributed by atoms with E-state index in [0.717, 1.165) is 28.4 Å². The molecule has 5 rings (SSSR count). The van der Waals surface area contributed by atoms with Crippen LogP contribution >= 0.6 is 0 Å². The molecule has 5 heteroatoms. The van der Waals surface area contributed by atoms with E-state index in [4.69, 9.17) is 4.52 Å². The van der Waals surface area contributed by atoms with Crippen molar-refractivity contribution in [1.82, 2.24) is 15.5 Å². The molecule has 0 fully saturated rings. The van der Waals surface area contributed by atoms with Crippen LogP contribution in [-0.2, 0) is 6.42 Å². The van der Waals surface area contributed by atoms with E-state index in [-0.39, 0.29) is 5.91 Å². The average Bonchev–Trinajstić information content (AvgIpc) is 3.38. The lowest BCUT2D eigenvalue weighted by Gasteiger charge is -2.05. The van der Waals surface area contributed by atoms with Gasteiger partial charge in [-0.1, -0.05) is 53.7 Å². The van der Waals surface area contributed by atoms with Gasteiger partial charge in [-0.2, -0.15) is 0 Å². The first-order valence-electron chi connectivity index (χ1n) is 9.57. The molecule has 2 heterocycles. The minimum Gasteiger partial charge on any atom is -0.361 e. The third-order valence-electron chi connectivity index (χ3n) is 5.13. The summed E-state index contributed by atoms with van der Waals surface area (Å²) in [6.07, 6.45) is 2.77. The van der Waals surface area contributed by atoms with Crippen LogP contribution in [0.25, 0.3) is 33.1 Å². The number of aromatic amines is 1. The van der Waals surface area contributed by atoms with Gasteiger partial charge in [-0.15, -0.1) is 0 Å². The van der Waals surface area contributed by atoms with Gasteiger partial charge in [0.1, 0.15) is 5.52 Å². The number of benzene rings is 3. The first-order valence-corrected chi connectivity index (χ1v) is 9.57. The lowest BCUT2D eigenvalue weighted by Crippen LogP contribution is -2.25. The fourth-order valence-electron chi connectivity index (χ4n) is 3.63. The number of H-pyrrole nitrogens is 1. The highest BCUT2D eigenvalue weighted by molar-refractivity contribution is 6.01. The molecule has 3 aromatic carbocycles. The summed E-state index contributed by atoms with van der Waals surface area (Å²) < 4.78 is 5.52. The zero-order chi connectivity index (χ0) is 19.6. The van der Waals surface area contributed by atoms with Crippen molar-refractivity contribution in [3.63, 3.8) is 0 Å². The molecule has 0 aliphatic heterocycles. The van der Waals surface area contributed by atoms with Crippen LogP contribution in [0.3, 0.4) is 0 Å².